The number of hydrogen-bond donors (Lipinski definition) is 1. The Morgan fingerprint density at radius 2 is 2.25 bits per heavy atom. The fourth-order valence-electron chi connectivity index (χ4n) is 2.21. The summed E-state index contributed by atoms with van der Waals surface area (Å²) < 4.78 is 5.65. The summed E-state index contributed by atoms with van der Waals surface area (Å²) in [5.41, 5.74) is 1.90. The number of aliphatic hydroxyl groups is 1. The third-order valence-corrected chi connectivity index (χ3v) is 3.48. The summed E-state index contributed by atoms with van der Waals surface area (Å²) in [6, 6.07) is 6.26. The standard InChI is InChI=1S/C13H17NO2/c1-14-6-7-16-12-8-10(2-3-11(12)14)9-13(15)4-5-13/h2-3,8,15H,4-7,9H2,1H3. The van der Waals surface area contributed by atoms with Crippen LogP contribution in [0.1, 0.15) is 18.4 Å². The monoisotopic (exact) mass is 219 g/mol. The van der Waals surface area contributed by atoms with Gasteiger partial charge in [-0.05, 0) is 30.5 Å². The number of likely N-dealkylation sites (N-methyl/N-ethyl adjacent to an activating group) is 1. The summed E-state index contributed by atoms with van der Waals surface area (Å²) in [6.07, 6.45) is 2.63. The number of rotatable bonds is 2. The van der Waals surface area contributed by atoms with Crippen molar-refractivity contribution in [1.82, 2.24) is 0 Å². The van der Waals surface area contributed by atoms with Gasteiger partial charge in [0.25, 0.3) is 0 Å². The molecule has 3 nitrogen and oxygen atoms in total. The molecule has 0 atom stereocenters. The van der Waals surface area contributed by atoms with Gasteiger partial charge in [-0.25, -0.2) is 0 Å². The van der Waals surface area contributed by atoms with Gasteiger partial charge in [-0.2, -0.15) is 0 Å². The lowest BCUT2D eigenvalue weighted by molar-refractivity contribution is 0.151. The summed E-state index contributed by atoms with van der Waals surface area (Å²) in [7, 11) is 2.08. The molecule has 0 saturated heterocycles. The Balaban J connectivity index is 1.86. The summed E-state index contributed by atoms with van der Waals surface area (Å²) in [5, 5.41) is 9.89. The molecule has 0 spiro atoms. The van der Waals surface area contributed by atoms with Crippen LogP contribution in [0.4, 0.5) is 5.69 Å². The predicted octanol–water partition coefficient (Wildman–Crippen LogP) is 1.58. The number of anilines is 1. The minimum absolute atomic E-state index is 0.422. The zero-order valence-corrected chi connectivity index (χ0v) is 9.57. The van der Waals surface area contributed by atoms with Crippen molar-refractivity contribution in [2.24, 2.45) is 0 Å². The Labute approximate surface area is 95.6 Å². The second kappa shape index (κ2) is 3.39. The lowest BCUT2D eigenvalue weighted by atomic mass is 10.0. The van der Waals surface area contributed by atoms with Crippen LogP contribution in [0.15, 0.2) is 18.2 Å². The molecule has 3 rings (SSSR count). The SMILES string of the molecule is CN1CCOc2cc(CC3(O)CC3)ccc21. The van der Waals surface area contributed by atoms with E-state index in [0.717, 1.165) is 43.9 Å². The van der Waals surface area contributed by atoms with Crippen molar-refractivity contribution < 1.29 is 9.84 Å². The van der Waals surface area contributed by atoms with Gasteiger partial charge in [-0.3, -0.25) is 0 Å². The Hall–Kier alpha value is -1.22. The van der Waals surface area contributed by atoms with Gasteiger partial charge >= 0.3 is 0 Å². The molecule has 86 valence electrons. The van der Waals surface area contributed by atoms with Crippen LogP contribution in [0.5, 0.6) is 5.75 Å². The van der Waals surface area contributed by atoms with Gasteiger partial charge in [-0.15, -0.1) is 0 Å². The molecule has 0 aromatic heterocycles. The molecule has 0 unspecified atom stereocenters. The fourth-order valence-corrected chi connectivity index (χ4v) is 2.21. The van der Waals surface area contributed by atoms with Crippen molar-refractivity contribution in [1.29, 1.82) is 0 Å². The Morgan fingerprint density at radius 1 is 1.44 bits per heavy atom. The zero-order valence-electron chi connectivity index (χ0n) is 9.57. The maximum Gasteiger partial charge on any atom is 0.142 e. The Kier molecular flexibility index (Phi) is 2.11. The van der Waals surface area contributed by atoms with E-state index in [9.17, 15) is 5.11 Å². The highest BCUT2D eigenvalue weighted by Crippen LogP contribution is 2.40. The molecule has 0 amide bonds. The number of hydrogen-bond acceptors (Lipinski definition) is 3. The van der Waals surface area contributed by atoms with E-state index < -0.39 is 5.60 Å². The van der Waals surface area contributed by atoms with Gasteiger partial charge in [0.15, 0.2) is 0 Å². The zero-order chi connectivity index (χ0) is 11.2. The number of benzene rings is 1. The van der Waals surface area contributed by atoms with Crippen LogP contribution in [0.3, 0.4) is 0 Å². The molecule has 1 aromatic rings. The van der Waals surface area contributed by atoms with E-state index in [0.29, 0.717) is 0 Å². The second-order valence-electron chi connectivity index (χ2n) is 4.97. The van der Waals surface area contributed by atoms with Gasteiger partial charge in [-0.1, -0.05) is 6.07 Å². The topological polar surface area (TPSA) is 32.7 Å². The van der Waals surface area contributed by atoms with Crippen LogP contribution in [-0.2, 0) is 6.42 Å². The van der Waals surface area contributed by atoms with Gasteiger partial charge < -0.3 is 14.7 Å². The normalized spacial score (nSPS) is 21.2. The maximum absolute atomic E-state index is 9.89. The quantitative estimate of drug-likeness (QED) is 0.819. The van der Waals surface area contributed by atoms with Crippen LogP contribution in [0.2, 0.25) is 0 Å². The molecule has 3 heteroatoms. The summed E-state index contributed by atoms with van der Waals surface area (Å²) in [4.78, 5) is 2.20. The van der Waals surface area contributed by atoms with E-state index in [1.54, 1.807) is 0 Å². The van der Waals surface area contributed by atoms with Gasteiger partial charge in [0, 0.05) is 13.5 Å². The number of nitrogens with zero attached hydrogens (tertiary/aromatic N) is 1. The Morgan fingerprint density at radius 3 is 3.00 bits per heavy atom. The van der Waals surface area contributed by atoms with Crippen molar-refractivity contribution in [3.05, 3.63) is 23.8 Å². The molecular weight excluding hydrogens is 202 g/mol. The first kappa shape index (κ1) is 9.97. The van der Waals surface area contributed by atoms with E-state index >= 15 is 0 Å². The lowest BCUT2D eigenvalue weighted by Gasteiger charge is -2.28. The van der Waals surface area contributed by atoms with E-state index in [4.69, 9.17) is 4.74 Å². The van der Waals surface area contributed by atoms with Gasteiger partial charge in [0.2, 0.25) is 0 Å². The molecule has 0 bridgehead atoms. The first-order valence-corrected chi connectivity index (χ1v) is 5.86. The smallest absolute Gasteiger partial charge is 0.142 e. The van der Waals surface area contributed by atoms with E-state index in [2.05, 4.69) is 30.1 Å². The first-order valence-electron chi connectivity index (χ1n) is 5.86. The predicted molar refractivity (Wildman–Crippen MR) is 63.1 cm³/mol. The highest BCUT2D eigenvalue weighted by molar-refractivity contribution is 5.60. The molecule has 1 aromatic carbocycles. The molecule has 1 fully saturated rings. The summed E-state index contributed by atoms with van der Waals surface area (Å²) in [6.45, 7) is 1.69. The number of ether oxygens (including phenoxy) is 1. The molecule has 1 N–H and O–H groups in total. The van der Waals surface area contributed by atoms with Crippen LogP contribution in [0, 0.1) is 0 Å². The molecule has 1 aliphatic heterocycles. The molecule has 16 heavy (non-hydrogen) atoms. The molecule has 0 radical (unpaired) electrons. The molecule has 2 aliphatic rings. The highest BCUT2D eigenvalue weighted by atomic mass is 16.5. The third-order valence-electron chi connectivity index (χ3n) is 3.48. The Bertz CT molecular complexity index is 412. The molecular formula is C13H17NO2. The van der Waals surface area contributed by atoms with Crippen molar-refractivity contribution in [2.75, 3.05) is 25.1 Å². The summed E-state index contributed by atoms with van der Waals surface area (Å²) in [5.74, 6) is 0.954. The minimum atomic E-state index is -0.422. The van der Waals surface area contributed by atoms with E-state index in [-0.39, 0.29) is 0 Å². The molecule has 1 aliphatic carbocycles. The van der Waals surface area contributed by atoms with E-state index in [1.807, 2.05) is 0 Å². The summed E-state index contributed by atoms with van der Waals surface area (Å²) >= 11 is 0. The second-order valence-corrected chi connectivity index (χ2v) is 4.97. The van der Waals surface area contributed by atoms with E-state index in [1.165, 1.54) is 5.56 Å². The molecule has 1 heterocycles. The third kappa shape index (κ3) is 1.76. The van der Waals surface area contributed by atoms with Crippen LogP contribution in [-0.4, -0.2) is 30.9 Å². The molecule has 1 saturated carbocycles. The van der Waals surface area contributed by atoms with Gasteiger partial charge in [0.1, 0.15) is 12.4 Å². The fraction of sp³-hybridized carbons (Fsp3) is 0.538. The first-order chi connectivity index (χ1) is 7.66. The number of fused-ring (bicyclic) bond motifs is 1. The largest absolute Gasteiger partial charge is 0.490 e. The lowest BCUT2D eigenvalue weighted by Crippen LogP contribution is -2.28. The van der Waals surface area contributed by atoms with Gasteiger partial charge in [0.05, 0.1) is 17.8 Å². The van der Waals surface area contributed by atoms with Crippen molar-refractivity contribution >= 4 is 5.69 Å². The van der Waals surface area contributed by atoms with Crippen LogP contribution < -0.4 is 9.64 Å². The van der Waals surface area contributed by atoms with Crippen LogP contribution in [0.25, 0.3) is 0 Å². The average Bonchev–Trinajstić information content (AvgIpc) is 2.96. The van der Waals surface area contributed by atoms with Crippen molar-refractivity contribution in [3.8, 4) is 5.75 Å². The van der Waals surface area contributed by atoms with Crippen molar-refractivity contribution in [3.63, 3.8) is 0 Å². The van der Waals surface area contributed by atoms with Crippen molar-refractivity contribution in [2.45, 2.75) is 24.9 Å². The minimum Gasteiger partial charge on any atom is -0.490 e. The maximum atomic E-state index is 9.89. The average molecular weight is 219 g/mol. The highest BCUT2D eigenvalue weighted by Gasteiger charge is 2.40. The van der Waals surface area contributed by atoms with Crippen LogP contribution >= 0.6 is 0 Å².